The zero-order valence-electron chi connectivity index (χ0n) is 12.7. The van der Waals surface area contributed by atoms with E-state index in [1.165, 1.54) is 0 Å². The molecule has 0 saturated carbocycles. The number of benzene rings is 1. The van der Waals surface area contributed by atoms with Gasteiger partial charge in [-0.15, -0.1) is 0 Å². The van der Waals surface area contributed by atoms with E-state index in [2.05, 4.69) is 11.0 Å². The van der Waals surface area contributed by atoms with Gasteiger partial charge in [0.25, 0.3) is 0 Å². The van der Waals surface area contributed by atoms with Crippen LogP contribution in [0.2, 0.25) is 0 Å². The first-order valence-corrected chi connectivity index (χ1v) is 7.75. The van der Waals surface area contributed by atoms with Gasteiger partial charge in [-0.25, -0.2) is 0 Å². The van der Waals surface area contributed by atoms with Crippen molar-refractivity contribution in [2.24, 2.45) is 0 Å². The van der Waals surface area contributed by atoms with Crippen LogP contribution >= 0.6 is 0 Å². The number of aliphatic carboxylic acids is 1. The Morgan fingerprint density at radius 2 is 2.18 bits per heavy atom. The number of hydrogen-bond donors (Lipinski definition) is 1. The van der Waals surface area contributed by atoms with Crippen molar-refractivity contribution < 1.29 is 14.3 Å². The molecule has 2 aromatic rings. The largest absolute Gasteiger partial charge is 0.480 e. The molecule has 116 valence electrons. The highest BCUT2D eigenvalue weighted by molar-refractivity contribution is 5.73. The first-order valence-electron chi connectivity index (χ1n) is 7.75. The van der Waals surface area contributed by atoms with Gasteiger partial charge in [-0.05, 0) is 37.5 Å². The third-order valence-corrected chi connectivity index (χ3v) is 4.33. The van der Waals surface area contributed by atoms with Crippen LogP contribution in [0.5, 0.6) is 0 Å². The summed E-state index contributed by atoms with van der Waals surface area (Å²) in [6.45, 7) is 2.82. The van der Waals surface area contributed by atoms with E-state index in [1.54, 1.807) is 6.26 Å². The molecule has 1 N–H and O–H groups in total. The summed E-state index contributed by atoms with van der Waals surface area (Å²) in [4.78, 5) is 13.7. The molecule has 22 heavy (non-hydrogen) atoms. The number of likely N-dealkylation sites (tertiary alicyclic amines) is 1. The lowest BCUT2D eigenvalue weighted by Gasteiger charge is -2.38. The highest BCUT2D eigenvalue weighted by atomic mass is 16.4. The topological polar surface area (TPSA) is 53.7 Å². The molecular weight excluding hydrogens is 278 g/mol. The fourth-order valence-corrected chi connectivity index (χ4v) is 3.33. The lowest BCUT2D eigenvalue weighted by molar-refractivity contribution is -0.145. The quantitative estimate of drug-likeness (QED) is 0.937. The van der Waals surface area contributed by atoms with E-state index >= 15 is 0 Å². The van der Waals surface area contributed by atoms with Gasteiger partial charge in [-0.2, -0.15) is 0 Å². The van der Waals surface area contributed by atoms with Crippen LogP contribution in [0.1, 0.15) is 42.2 Å². The van der Waals surface area contributed by atoms with Gasteiger partial charge in [0.15, 0.2) is 0 Å². The zero-order chi connectivity index (χ0) is 15.5. The summed E-state index contributed by atoms with van der Waals surface area (Å²) in [5, 5.41) is 9.58. The first kappa shape index (κ1) is 14.9. The van der Waals surface area contributed by atoms with Crippen molar-refractivity contribution in [3.63, 3.8) is 0 Å². The van der Waals surface area contributed by atoms with Crippen molar-refractivity contribution >= 4 is 5.97 Å². The molecule has 3 rings (SSSR count). The predicted octanol–water partition coefficient (Wildman–Crippen LogP) is 3.62. The van der Waals surface area contributed by atoms with Crippen molar-refractivity contribution in [1.29, 1.82) is 0 Å². The molecule has 2 atom stereocenters. The monoisotopic (exact) mass is 299 g/mol. The van der Waals surface area contributed by atoms with E-state index in [0.717, 1.165) is 36.3 Å². The highest BCUT2D eigenvalue weighted by Gasteiger charge is 2.36. The molecule has 1 aromatic heterocycles. The average molecular weight is 299 g/mol. The maximum Gasteiger partial charge on any atom is 0.320 e. The Kier molecular flexibility index (Phi) is 4.29. The summed E-state index contributed by atoms with van der Waals surface area (Å²) in [6.07, 6.45) is 4.33. The standard InChI is InChI=1S/C18H21NO3/c1-13-6-4-7-14(12-13)17(16-9-5-11-22-16)19-10-3-2-8-15(19)18(20)21/h4-7,9,11-12,15,17H,2-3,8,10H2,1H3,(H,20,21). The first-order chi connectivity index (χ1) is 10.7. The van der Waals surface area contributed by atoms with Gasteiger partial charge in [0.1, 0.15) is 11.8 Å². The maximum absolute atomic E-state index is 11.7. The number of carboxylic acid groups (broad SMARTS) is 1. The van der Waals surface area contributed by atoms with E-state index in [1.807, 2.05) is 37.3 Å². The van der Waals surface area contributed by atoms with Gasteiger partial charge in [0.05, 0.1) is 12.3 Å². The van der Waals surface area contributed by atoms with Gasteiger partial charge in [0.2, 0.25) is 0 Å². The van der Waals surface area contributed by atoms with E-state index in [9.17, 15) is 9.90 Å². The number of furan rings is 1. The van der Waals surface area contributed by atoms with Crippen molar-refractivity contribution in [1.82, 2.24) is 4.90 Å². The van der Waals surface area contributed by atoms with Gasteiger partial charge in [-0.1, -0.05) is 36.2 Å². The molecule has 0 bridgehead atoms. The highest BCUT2D eigenvalue weighted by Crippen LogP contribution is 2.34. The number of piperidine rings is 1. The molecule has 1 aliphatic heterocycles. The Labute approximate surface area is 130 Å². The van der Waals surface area contributed by atoms with Gasteiger partial charge >= 0.3 is 5.97 Å². The van der Waals surface area contributed by atoms with Crippen LogP contribution in [0.15, 0.2) is 47.1 Å². The Morgan fingerprint density at radius 1 is 1.32 bits per heavy atom. The van der Waals surface area contributed by atoms with Crippen molar-refractivity contribution in [3.05, 3.63) is 59.5 Å². The van der Waals surface area contributed by atoms with Crippen LogP contribution in [0.25, 0.3) is 0 Å². The van der Waals surface area contributed by atoms with E-state index in [4.69, 9.17) is 4.42 Å². The number of hydrogen-bond acceptors (Lipinski definition) is 3. The second-order valence-corrected chi connectivity index (χ2v) is 5.92. The molecule has 1 aromatic carbocycles. The molecule has 2 unspecified atom stereocenters. The van der Waals surface area contributed by atoms with Crippen molar-refractivity contribution in [2.45, 2.75) is 38.3 Å². The van der Waals surface area contributed by atoms with E-state index < -0.39 is 12.0 Å². The normalized spacial score (nSPS) is 20.7. The Morgan fingerprint density at radius 3 is 2.86 bits per heavy atom. The van der Waals surface area contributed by atoms with Crippen molar-refractivity contribution in [3.8, 4) is 0 Å². The molecule has 0 radical (unpaired) electrons. The fraction of sp³-hybridized carbons (Fsp3) is 0.389. The summed E-state index contributed by atoms with van der Waals surface area (Å²) in [5.74, 6) is 0.0580. The minimum Gasteiger partial charge on any atom is -0.480 e. The summed E-state index contributed by atoms with van der Waals surface area (Å²) in [6, 6.07) is 11.4. The van der Waals surface area contributed by atoms with E-state index in [-0.39, 0.29) is 6.04 Å². The fourth-order valence-electron chi connectivity index (χ4n) is 3.33. The van der Waals surface area contributed by atoms with Crippen LogP contribution in [-0.4, -0.2) is 28.6 Å². The Balaban J connectivity index is 2.03. The third-order valence-electron chi connectivity index (χ3n) is 4.33. The van der Waals surface area contributed by atoms with Gasteiger partial charge in [0, 0.05) is 6.54 Å². The summed E-state index contributed by atoms with van der Waals surface area (Å²) in [7, 11) is 0. The summed E-state index contributed by atoms with van der Waals surface area (Å²) in [5.41, 5.74) is 2.25. The SMILES string of the molecule is Cc1cccc(C(c2ccco2)N2CCCCC2C(=O)O)c1. The third kappa shape index (κ3) is 2.92. The Hall–Kier alpha value is -2.07. The van der Waals surface area contributed by atoms with Gasteiger partial charge in [-0.3, -0.25) is 9.69 Å². The second-order valence-electron chi connectivity index (χ2n) is 5.92. The number of aryl methyl sites for hydroxylation is 1. The van der Waals surface area contributed by atoms with Crippen molar-refractivity contribution in [2.75, 3.05) is 6.54 Å². The predicted molar refractivity (Wildman–Crippen MR) is 83.7 cm³/mol. The van der Waals surface area contributed by atoms with Crippen LogP contribution in [0.4, 0.5) is 0 Å². The summed E-state index contributed by atoms with van der Waals surface area (Å²) < 4.78 is 5.64. The number of rotatable bonds is 4. The van der Waals surface area contributed by atoms with Crippen LogP contribution in [0.3, 0.4) is 0 Å². The minimum absolute atomic E-state index is 0.142. The average Bonchev–Trinajstić information content (AvgIpc) is 3.02. The van der Waals surface area contributed by atoms with Crippen LogP contribution in [0, 0.1) is 6.92 Å². The van der Waals surface area contributed by atoms with Crippen LogP contribution < -0.4 is 0 Å². The number of carbonyl (C=O) groups is 1. The second kappa shape index (κ2) is 6.36. The molecule has 1 aliphatic rings. The maximum atomic E-state index is 11.7. The zero-order valence-corrected chi connectivity index (χ0v) is 12.7. The van der Waals surface area contributed by atoms with E-state index in [0.29, 0.717) is 6.42 Å². The number of nitrogens with zero attached hydrogens (tertiary/aromatic N) is 1. The molecular formula is C18H21NO3. The Bertz CT molecular complexity index is 636. The lowest BCUT2D eigenvalue weighted by Crippen LogP contribution is -2.46. The summed E-state index contributed by atoms with van der Waals surface area (Å²) >= 11 is 0. The lowest BCUT2D eigenvalue weighted by atomic mass is 9.94. The molecule has 1 fully saturated rings. The molecule has 0 aliphatic carbocycles. The smallest absolute Gasteiger partial charge is 0.320 e. The molecule has 2 heterocycles. The molecule has 4 nitrogen and oxygen atoms in total. The van der Waals surface area contributed by atoms with Crippen LogP contribution in [-0.2, 0) is 4.79 Å². The van der Waals surface area contributed by atoms with Gasteiger partial charge < -0.3 is 9.52 Å². The molecule has 1 saturated heterocycles. The molecule has 0 amide bonds. The molecule has 4 heteroatoms. The minimum atomic E-state index is -0.746. The number of carboxylic acids is 1. The molecule has 0 spiro atoms.